The number of esters is 1. The van der Waals surface area contributed by atoms with Gasteiger partial charge in [-0.25, -0.2) is 9.78 Å². The van der Waals surface area contributed by atoms with E-state index in [2.05, 4.69) is 24.1 Å². The average molecular weight is 325 g/mol. The average Bonchev–Trinajstić information content (AvgIpc) is 2.50. The van der Waals surface area contributed by atoms with Crippen LogP contribution in [0.25, 0.3) is 0 Å². The zero-order valence-corrected chi connectivity index (χ0v) is 13.6. The summed E-state index contributed by atoms with van der Waals surface area (Å²) in [5, 5.41) is 3.26. The maximum atomic E-state index is 11.9. The van der Waals surface area contributed by atoms with Gasteiger partial charge in [-0.1, -0.05) is 38.3 Å². The molecule has 1 fully saturated rings. The first-order chi connectivity index (χ1) is 10.5. The van der Waals surface area contributed by atoms with Crippen LogP contribution in [0.2, 0.25) is 5.15 Å². The third-order valence-corrected chi connectivity index (χ3v) is 4.57. The van der Waals surface area contributed by atoms with Gasteiger partial charge in [0.15, 0.2) is 6.61 Å². The van der Waals surface area contributed by atoms with Gasteiger partial charge in [0.25, 0.3) is 5.91 Å². The minimum atomic E-state index is -0.579. The summed E-state index contributed by atoms with van der Waals surface area (Å²) in [4.78, 5) is 27.5. The summed E-state index contributed by atoms with van der Waals surface area (Å²) in [7, 11) is 0. The summed E-state index contributed by atoms with van der Waals surface area (Å²) in [5.41, 5.74) is 0.275. The molecule has 0 aliphatic heterocycles. The zero-order chi connectivity index (χ0) is 16.1. The van der Waals surface area contributed by atoms with Crippen molar-refractivity contribution in [3.05, 3.63) is 29.0 Å². The third-order valence-electron chi connectivity index (χ3n) is 4.35. The van der Waals surface area contributed by atoms with Crippen molar-refractivity contribution in [2.45, 2.75) is 39.2 Å². The number of nitrogens with zero attached hydrogens (tertiary/aromatic N) is 1. The predicted molar refractivity (Wildman–Crippen MR) is 83.6 cm³/mol. The lowest BCUT2D eigenvalue weighted by Gasteiger charge is -2.34. The Balaban J connectivity index is 1.80. The van der Waals surface area contributed by atoms with Crippen LogP contribution in [0.3, 0.4) is 0 Å². The van der Waals surface area contributed by atoms with Crippen LogP contribution in [0.4, 0.5) is 0 Å². The molecule has 120 valence electrons. The summed E-state index contributed by atoms with van der Waals surface area (Å²) >= 11 is 5.65. The molecule has 0 saturated heterocycles. The number of halogens is 1. The number of ether oxygens (including phenoxy) is 1. The van der Waals surface area contributed by atoms with Gasteiger partial charge in [-0.05, 0) is 30.4 Å². The molecule has 5 nitrogen and oxygen atoms in total. The Labute approximate surface area is 135 Å². The number of pyridine rings is 1. The number of nitrogens with one attached hydrogen (secondary N) is 1. The van der Waals surface area contributed by atoms with E-state index in [-0.39, 0.29) is 24.1 Å². The fourth-order valence-corrected chi connectivity index (χ4v) is 2.86. The van der Waals surface area contributed by atoms with Crippen molar-refractivity contribution in [2.75, 3.05) is 6.61 Å². The summed E-state index contributed by atoms with van der Waals surface area (Å²) < 4.78 is 5.00. The maximum Gasteiger partial charge on any atom is 0.340 e. The first kappa shape index (κ1) is 16.7. The molecule has 0 unspecified atom stereocenters. The van der Waals surface area contributed by atoms with Crippen molar-refractivity contribution in [3.8, 4) is 0 Å². The lowest BCUT2D eigenvalue weighted by Crippen LogP contribution is -2.45. The van der Waals surface area contributed by atoms with Crippen molar-refractivity contribution < 1.29 is 14.3 Å². The van der Waals surface area contributed by atoms with Gasteiger partial charge in [-0.3, -0.25) is 4.79 Å². The molecule has 0 spiro atoms. The molecule has 0 aromatic carbocycles. The second-order valence-electron chi connectivity index (χ2n) is 5.89. The van der Waals surface area contributed by atoms with Gasteiger partial charge in [0.05, 0.1) is 5.56 Å². The Hall–Kier alpha value is -1.62. The van der Waals surface area contributed by atoms with Crippen LogP contribution in [-0.2, 0) is 9.53 Å². The van der Waals surface area contributed by atoms with Crippen LogP contribution < -0.4 is 5.32 Å². The highest BCUT2D eigenvalue weighted by molar-refractivity contribution is 6.29. The summed E-state index contributed by atoms with van der Waals surface area (Å²) in [6, 6.07) is 3.18. The largest absolute Gasteiger partial charge is 0.452 e. The van der Waals surface area contributed by atoms with Gasteiger partial charge in [-0.15, -0.1) is 0 Å². The van der Waals surface area contributed by atoms with Crippen molar-refractivity contribution in [3.63, 3.8) is 0 Å². The van der Waals surface area contributed by atoms with Crippen LogP contribution in [0, 0.1) is 11.8 Å². The molecule has 3 atom stereocenters. The van der Waals surface area contributed by atoms with Gasteiger partial charge in [-0.2, -0.15) is 0 Å². The van der Waals surface area contributed by atoms with Gasteiger partial charge in [0.1, 0.15) is 5.15 Å². The van der Waals surface area contributed by atoms with Crippen LogP contribution in [0.5, 0.6) is 0 Å². The Morgan fingerprint density at radius 1 is 1.36 bits per heavy atom. The van der Waals surface area contributed by atoms with Gasteiger partial charge >= 0.3 is 5.97 Å². The molecule has 1 saturated carbocycles. The van der Waals surface area contributed by atoms with Crippen molar-refractivity contribution >= 4 is 23.5 Å². The fourth-order valence-electron chi connectivity index (χ4n) is 2.75. The third kappa shape index (κ3) is 4.44. The molecule has 22 heavy (non-hydrogen) atoms. The minimum absolute atomic E-state index is 0.159. The van der Waals surface area contributed by atoms with Gasteiger partial charge < -0.3 is 10.1 Å². The van der Waals surface area contributed by atoms with E-state index < -0.39 is 5.97 Å². The van der Waals surface area contributed by atoms with Crippen molar-refractivity contribution in [2.24, 2.45) is 11.8 Å². The van der Waals surface area contributed by atoms with Crippen molar-refractivity contribution in [1.82, 2.24) is 10.3 Å². The Kier molecular flexibility index (Phi) is 5.77. The molecule has 0 radical (unpaired) electrons. The number of carbonyl (C=O) groups is 2. The minimum Gasteiger partial charge on any atom is -0.452 e. The smallest absolute Gasteiger partial charge is 0.340 e. The second-order valence-corrected chi connectivity index (χ2v) is 6.27. The molecular formula is C16H21ClN2O3. The molecular weight excluding hydrogens is 304 g/mol. The highest BCUT2D eigenvalue weighted by Gasteiger charge is 2.28. The van der Waals surface area contributed by atoms with Crippen LogP contribution in [0.15, 0.2) is 18.3 Å². The van der Waals surface area contributed by atoms with Gasteiger partial charge in [0.2, 0.25) is 0 Å². The van der Waals surface area contributed by atoms with E-state index in [1.165, 1.54) is 24.8 Å². The SMILES string of the molecule is C[C@@H]1[C@H](C)CCC[C@H]1NC(=O)COC(=O)c1ccc(Cl)nc1. The topological polar surface area (TPSA) is 68.3 Å². The number of rotatable bonds is 4. The monoisotopic (exact) mass is 324 g/mol. The lowest BCUT2D eigenvalue weighted by molar-refractivity contribution is -0.125. The Morgan fingerprint density at radius 2 is 2.14 bits per heavy atom. The number of aromatic nitrogens is 1. The first-order valence-electron chi connectivity index (χ1n) is 7.55. The standard InChI is InChI=1S/C16H21ClN2O3/c1-10-4-3-5-13(11(10)2)19-15(20)9-22-16(21)12-6-7-14(17)18-8-12/h6-8,10-11,13H,3-5,9H2,1-2H3,(H,19,20)/t10-,11-,13-/m1/s1. The van der Waals surface area contributed by atoms with E-state index >= 15 is 0 Å². The maximum absolute atomic E-state index is 11.9. The molecule has 1 heterocycles. The highest BCUT2D eigenvalue weighted by Crippen LogP contribution is 2.29. The lowest BCUT2D eigenvalue weighted by atomic mass is 9.78. The summed E-state index contributed by atoms with van der Waals surface area (Å²) in [6.45, 7) is 4.08. The molecule has 0 bridgehead atoms. The predicted octanol–water partition coefficient (Wildman–Crippen LogP) is 2.83. The van der Waals surface area contributed by atoms with E-state index in [9.17, 15) is 9.59 Å². The molecule has 1 amide bonds. The first-order valence-corrected chi connectivity index (χ1v) is 7.93. The number of carbonyl (C=O) groups excluding carboxylic acids is 2. The fraction of sp³-hybridized carbons (Fsp3) is 0.562. The van der Waals surface area contributed by atoms with Crippen LogP contribution >= 0.6 is 11.6 Å². The Morgan fingerprint density at radius 3 is 2.82 bits per heavy atom. The van der Waals surface area contributed by atoms with E-state index in [0.717, 1.165) is 12.8 Å². The van der Waals surface area contributed by atoms with E-state index in [1.54, 1.807) is 0 Å². The summed E-state index contributed by atoms with van der Waals surface area (Å²) in [6.07, 6.45) is 4.62. The highest BCUT2D eigenvalue weighted by atomic mass is 35.5. The van der Waals surface area contributed by atoms with E-state index in [1.807, 2.05) is 0 Å². The molecule has 1 N–H and O–H groups in total. The van der Waals surface area contributed by atoms with E-state index in [0.29, 0.717) is 17.0 Å². The molecule has 2 rings (SSSR count). The van der Waals surface area contributed by atoms with E-state index in [4.69, 9.17) is 16.3 Å². The number of hydrogen-bond acceptors (Lipinski definition) is 4. The van der Waals surface area contributed by atoms with Crippen molar-refractivity contribution in [1.29, 1.82) is 0 Å². The summed E-state index contributed by atoms with van der Waals surface area (Å²) in [5.74, 6) is 0.196. The molecule has 1 aliphatic carbocycles. The second kappa shape index (κ2) is 7.58. The molecule has 1 aromatic rings. The number of amides is 1. The van der Waals surface area contributed by atoms with Crippen LogP contribution in [0.1, 0.15) is 43.5 Å². The van der Waals surface area contributed by atoms with Gasteiger partial charge in [0, 0.05) is 12.2 Å². The number of hydrogen-bond donors (Lipinski definition) is 1. The molecule has 1 aromatic heterocycles. The Bertz CT molecular complexity index is 533. The molecule has 6 heteroatoms. The normalized spacial score (nSPS) is 24.6. The quantitative estimate of drug-likeness (QED) is 0.683. The van der Waals surface area contributed by atoms with Crippen LogP contribution in [-0.4, -0.2) is 29.5 Å². The zero-order valence-electron chi connectivity index (χ0n) is 12.8. The molecule has 1 aliphatic rings.